The number of nitrogens with zero attached hydrogens (tertiary/aromatic N) is 4. The lowest BCUT2D eigenvalue weighted by molar-refractivity contribution is 0.277. The molecule has 0 radical (unpaired) electrons. The van der Waals surface area contributed by atoms with Crippen LogP contribution in [0.2, 0.25) is 0 Å². The third-order valence-electron chi connectivity index (χ3n) is 5.41. The Morgan fingerprint density at radius 1 is 1.29 bits per heavy atom. The topological polar surface area (TPSA) is 81.8 Å². The van der Waals surface area contributed by atoms with Gasteiger partial charge in [0, 0.05) is 23.7 Å². The molecule has 0 aliphatic carbocycles. The first kappa shape index (κ1) is 17.4. The third-order valence-corrected chi connectivity index (χ3v) is 6.32. The van der Waals surface area contributed by atoms with Crippen LogP contribution in [0.15, 0.2) is 35.8 Å². The summed E-state index contributed by atoms with van der Waals surface area (Å²) in [5.41, 5.74) is 2.98. The zero-order valence-electron chi connectivity index (χ0n) is 15.8. The average molecular weight is 394 g/mol. The van der Waals surface area contributed by atoms with E-state index >= 15 is 0 Å². The fraction of sp³-hybridized carbons (Fsp3) is 0.350. The highest BCUT2D eigenvalue weighted by atomic mass is 32.1. The molecule has 28 heavy (non-hydrogen) atoms. The molecule has 3 aromatic heterocycles. The number of aromatic nitrogens is 4. The molecule has 0 amide bonds. The van der Waals surface area contributed by atoms with Crippen molar-refractivity contribution >= 4 is 49.9 Å². The summed E-state index contributed by atoms with van der Waals surface area (Å²) in [5.74, 6) is 1.52. The van der Waals surface area contributed by atoms with E-state index in [-0.39, 0.29) is 0 Å². The molecular formula is C20H23N7S. The Kier molecular flexibility index (Phi) is 4.58. The minimum absolute atomic E-state index is 0.562. The van der Waals surface area contributed by atoms with Crippen molar-refractivity contribution in [2.24, 2.45) is 0 Å². The maximum atomic E-state index is 4.78. The molecule has 0 bridgehead atoms. The summed E-state index contributed by atoms with van der Waals surface area (Å²) in [6.07, 6.45) is 4.33. The zero-order valence-corrected chi connectivity index (χ0v) is 16.6. The molecule has 4 aromatic rings. The molecule has 5 rings (SSSR count). The van der Waals surface area contributed by atoms with Gasteiger partial charge >= 0.3 is 0 Å². The van der Waals surface area contributed by atoms with Crippen molar-refractivity contribution in [3.8, 4) is 0 Å². The highest BCUT2D eigenvalue weighted by Crippen LogP contribution is 2.30. The monoisotopic (exact) mass is 393 g/mol. The molecular weight excluding hydrogens is 370 g/mol. The van der Waals surface area contributed by atoms with E-state index in [4.69, 9.17) is 9.97 Å². The van der Waals surface area contributed by atoms with Crippen LogP contribution < -0.4 is 10.6 Å². The van der Waals surface area contributed by atoms with E-state index in [9.17, 15) is 0 Å². The van der Waals surface area contributed by atoms with Gasteiger partial charge in [0.05, 0.1) is 21.9 Å². The average Bonchev–Trinajstić information content (AvgIpc) is 3.45. The number of fused-ring (bicyclic) bond motifs is 2. The third kappa shape index (κ3) is 3.29. The molecule has 4 heterocycles. The largest absolute Gasteiger partial charge is 0.353 e. The van der Waals surface area contributed by atoms with Gasteiger partial charge in [0.1, 0.15) is 0 Å². The van der Waals surface area contributed by atoms with Crippen molar-refractivity contribution in [3.05, 3.63) is 35.8 Å². The molecule has 144 valence electrons. The molecule has 1 aliphatic heterocycles. The number of benzene rings is 1. The van der Waals surface area contributed by atoms with Crippen molar-refractivity contribution in [1.29, 1.82) is 0 Å². The van der Waals surface area contributed by atoms with Gasteiger partial charge in [-0.3, -0.25) is 10.00 Å². The van der Waals surface area contributed by atoms with Gasteiger partial charge in [0.25, 0.3) is 0 Å². The number of aromatic amines is 1. The second kappa shape index (κ2) is 7.37. The van der Waals surface area contributed by atoms with Crippen LogP contribution in [0.3, 0.4) is 0 Å². The van der Waals surface area contributed by atoms with Gasteiger partial charge in [-0.15, -0.1) is 11.3 Å². The van der Waals surface area contributed by atoms with Crippen molar-refractivity contribution in [3.63, 3.8) is 0 Å². The van der Waals surface area contributed by atoms with Crippen LogP contribution in [0.4, 0.5) is 17.5 Å². The van der Waals surface area contributed by atoms with Crippen LogP contribution in [0.25, 0.3) is 21.1 Å². The normalized spacial score (nSPS) is 17.5. The van der Waals surface area contributed by atoms with Crippen LogP contribution in [0.5, 0.6) is 0 Å². The summed E-state index contributed by atoms with van der Waals surface area (Å²) in [4.78, 5) is 12.0. The fourth-order valence-corrected chi connectivity index (χ4v) is 4.71. The van der Waals surface area contributed by atoms with E-state index in [1.54, 1.807) is 11.3 Å². The second-order valence-electron chi connectivity index (χ2n) is 7.13. The minimum Gasteiger partial charge on any atom is -0.353 e. The SMILES string of the molecule is CCN1CCCC1CNc1nc(Nc2ccc3[nH]ncc3c2)c2sccc2n1. The van der Waals surface area contributed by atoms with E-state index in [0.717, 1.165) is 45.7 Å². The lowest BCUT2D eigenvalue weighted by Gasteiger charge is -2.23. The number of hydrogen-bond donors (Lipinski definition) is 3. The van der Waals surface area contributed by atoms with Crippen molar-refractivity contribution in [2.75, 3.05) is 30.3 Å². The summed E-state index contributed by atoms with van der Waals surface area (Å²) in [5, 5.41) is 17.1. The smallest absolute Gasteiger partial charge is 0.225 e. The number of anilines is 3. The number of likely N-dealkylation sites (N-methyl/N-ethyl adjacent to an activating group) is 1. The van der Waals surface area contributed by atoms with Gasteiger partial charge in [-0.2, -0.15) is 10.1 Å². The van der Waals surface area contributed by atoms with Crippen molar-refractivity contribution in [2.45, 2.75) is 25.8 Å². The first-order valence-corrected chi connectivity index (χ1v) is 10.6. The molecule has 1 aromatic carbocycles. The number of rotatable bonds is 6. The Morgan fingerprint density at radius 3 is 3.18 bits per heavy atom. The predicted molar refractivity (Wildman–Crippen MR) is 116 cm³/mol. The molecule has 7 nitrogen and oxygen atoms in total. The summed E-state index contributed by atoms with van der Waals surface area (Å²) in [7, 11) is 0. The predicted octanol–water partition coefficient (Wildman–Crippen LogP) is 4.21. The second-order valence-corrected chi connectivity index (χ2v) is 8.05. The Morgan fingerprint density at radius 2 is 2.25 bits per heavy atom. The van der Waals surface area contributed by atoms with E-state index in [0.29, 0.717) is 12.0 Å². The standard InChI is InChI=1S/C20H23N7S/c1-2-27-8-3-4-15(27)12-21-20-24-17-7-9-28-18(17)19(25-20)23-14-5-6-16-13(10-14)11-22-26-16/h5-7,9-11,15H,2-4,8,12H2,1H3,(H,22,26)(H2,21,23,24,25). The highest BCUT2D eigenvalue weighted by molar-refractivity contribution is 7.17. The number of hydrogen-bond acceptors (Lipinski definition) is 7. The lowest BCUT2D eigenvalue weighted by Crippen LogP contribution is -2.34. The van der Waals surface area contributed by atoms with Gasteiger partial charge < -0.3 is 10.6 Å². The van der Waals surface area contributed by atoms with Gasteiger partial charge in [-0.25, -0.2) is 4.98 Å². The summed E-state index contributed by atoms with van der Waals surface area (Å²) >= 11 is 1.65. The van der Waals surface area contributed by atoms with Gasteiger partial charge in [0.2, 0.25) is 5.95 Å². The van der Waals surface area contributed by atoms with Crippen LogP contribution >= 0.6 is 11.3 Å². The highest BCUT2D eigenvalue weighted by Gasteiger charge is 2.23. The molecule has 1 fully saturated rings. The van der Waals surface area contributed by atoms with Crippen LogP contribution in [0.1, 0.15) is 19.8 Å². The Labute approximate surface area is 167 Å². The Balaban J connectivity index is 1.40. The molecule has 3 N–H and O–H groups in total. The number of nitrogens with one attached hydrogen (secondary N) is 3. The van der Waals surface area contributed by atoms with Crippen LogP contribution in [-0.2, 0) is 0 Å². The summed E-state index contributed by atoms with van der Waals surface area (Å²) < 4.78 is 1.06. The molecule has 1 atom stereocenters. The number of H-pyrrole nitrogens is 1. The minimum atomic E-state index is 0.562. The molecule has 0 saturated carbocycles. The fourth-order valence-electron chi connectivity index (χ4n) is 3.94. The molecule has 0 spiro atoms. The van der Waals surface area contributed by atoms with Crippen LogP contribution in [0, 0.1) is 0 Å². The molecule has 1 saturated heterocycles. The summed E-state index contributed by atoms with van der Waals surface area (Å²) in [6.45, 7) is 5.39. The van der Waals surface area contributed by atoms with E-state index < -0.39 is 0 Å². The van der Waals surface area contributed by atoms with E-state index in [1.165, 1.54) is 19.4 Å². The van der Waals surface area contributed by atoms with E-state index in [1.807, 2.05) is 24.4 Å². The van der Waals surface area contributed by atoms with Gasteiger partial charge in [-0.05, 0) is 55.6 Å². The first-order chi connectivity index (χ1) is 13.8. The number of likely N-dealkylation sites (tertiary alicyclic amines) is 1. The van der Waals surface area contributed by atoms with Crippen molar-refractivity contribution in [1.82, 2.24) is 25.1 Å². The lowest BCUT2D eigenvalue weighted by atomic mass is 10.2. The van der Waals surface area contributed by atoms with E-state index in [2.05, 4.69) is 44.1 Å². The van der Waals surface area contributed by atoms with Crippen LogP contribution in [-0.4, -0.2) is 50.7 Å². The first-order valence-electron chi connectivity index (χ1n) is 9.73. The van der Waals surface area contributed by atoms with Gasteiger partial charge in [0.15, 0.2) is 5.82 Å². The van der Waals surface area contributed by atoms with Gasteiger partial charge in [-0.1, -0.05) is 6.92 Å². The quantitative estimate of drug-likeness (QED) is 0.455. The molecule has 8 heteroatoms. The maximum absolute atomic E-state index is 4.78. The van der Waals surface area contributed by atoms with Crippen molar-refractivity contribution < 1.29 is 0 Å². The Hall–Kier alpha value is -2.71. The Bertz CT molecular complexity index is 1100. The maximum Gasteiger partial charge on any atom is 0.225 e. The summed E-state index contributed by atoms with van der Waals surface area (Å²) in [6, 6.07) is 8.74. The molecule has 1 unspecified atom stereocenters. The molecule has 1 aliphatic rings. The number of thiophene rings is 1. The zero-order chi connectivity index (χ0) is 18.9.